The van der Waals surface area contributed by atoms with Crippen molar-refractivity contribution >= 4 is 45.2 Å². The second kappa shape index (κ2) is 8.23. The molecule has 4 heteroatoms. The van der Waals surface area contributed by atoms with Crippen LogP contribution in [-0.2, 0) is 0 Å². The van der Waals surface area contributed by atoms with E-state index in [9.17, 15) is 4.79 Å². The lowest BCUT2D eigenvalue weighted by Gasteiger charge is -2.13. The molecule has 0 amide bonds. The molecule has 1 heterocycles. The van der Waals surface area contributed by atoms with Gasteiger partial charge in [-0.15, -0.1) is 0 Å². The minimum atomic E-state index is -0.000842. The predicted octanol–water partition coefficient (Wildman–Crippen LogP) is 5.64. The highest BCUT2D eigenvalue weighted by Crippen LogP contribution is 2.18. The van der Waals surface area contributed by atoms with Gasteiger partial charge in [-0.1, -0.05) is 54.2 Å². The first-order valence-corrected chi connectivity index (χ1v) is 10.0. The van der Waals surface area contributed by atoms with Crippen molar-refractivity contribution in [2.45, 2.75) is 6.42 Å². The molecule has 3 aromatic rings. The fourth-order valence-electron chi connectivity index (χ4n) is 2.96. The summed E-state index contributed by atoms with van der Waals surface area (Å²) in [6, 6.07) is 22.0. The number of aliphatic imine (C=N–C) groups is 1. The Balaban J connectivity index is 1.43. The third kappa shape index (κ3) is 4.47. The number of carbonyl (C=O) groups is 1. The zero-order valence-corrected chi connectivity index (χ0v) is 15.7. The van der Waals surface area contributed by atoms with Crippen LogP contribution in [0.3, 0.4) is 0 Å². The molecule has 0 bridgehead atoms. The van der Waals surface area contributed by atoms with E-state index in [1.54, 1.807) is 17.8 Å². The topological polar surface area (TPSA) is 41.5 Å². The van der Waals surface area contributed by atoms with Crippen molar-refractivity contribution in [3.63, 3.8) is 0 Å². The van der Waals surface area contributed by atoms with Gasteiger partial charge in [0.2, 0.25) is 0 Å². The van der Waals surface area contributed by atoms with E-state index >= 15 is 0 Å². The van der Waals surface area contributed by atoms with Crippen LogP contribution in [0.25, 0.3) is 16.8 Å². The smallest absolute Gasteiger partial charge is 0.185 e. The number of hydrogen-bond donors (Lipinski definition) is 1. The van der Waals surface area contributed by atoms with Crippen LogP contribution in [0.2, 0.25) is 0 Å². The van der Waals surface area contributed by atoms with Crippen molar-refractivity contribution < 1.29 is 4.79 Å². The number of thioether (sulfide) groups is 1. The normalized spacial score (nSPS) is 14.3. The molecule has 1 N–H and O–H groups in total. The van der Waals surface area contributed by atoms with Crippen LogP contribution in [-0.4, -0.2) is 23.2 Å². The monoisotopic (exact) mass is 372 g/mol. The number of anilines is 1. The van der Waals surface area contributed by atoms with Gasteiger partial charge in [-0.3, -0.25) is 9.79 Å². The molecule has 0 aliphatic carbocycles. The maximum atomic E-state index is 12.4. The van der Waals surface area contributed by atoms with Crippen LogP contribution >= 0.6 is 11.8 Å². The molecule has 0 aromatic heterocycles. The van der Waals surface area contributed by atoms with Crippen molar-refractivity contribution in [2.75, 3.05) is 17.6 Å². The van der Waals surface area contributed by atoms with Gasteiger partial charge in [0.15, 0.2) is 11.0 Å². The number of carbonyl (C=O) groups excluding carboxylic acids is 1. The zero-order valence-electron chi connectivity index (χ0n) is 14.9. The highest BCUT2D eigenvalue weighted by Gasteiger charge is 2.07. The first-order chi connectivity index (χ1) is 13.3. The van der Waals surface area contributed by atoms with E-state index < -0.39 is 0 Å². The van der Waals surface area contributed by atoms with Crippen molar-refractivity contribution in [1.29, 1.82) is 0 Å². The number of amidine groups is 1. The lowest BCUT2D eigenvalue weighted by atomic mass is 10.1. The molecule has 0 saturated heterocycles. The van der Waals surface area contributed by atoms with Crippen LogP contribution in [0.4, 0.5) is 5.69 Å². The predicted molar refractivity (Wildman–Crippen MR) is 117 cm³/mol. The lowest BCUT2D eigenvalue weighted by molar-refractivity contribution is 0.104. The highest BCUT2D eigenvalue weighted by atomic mass is 32.2. The molecular weight excluding hydrogens is 352 g/mol. The molecule has 0 spiro atoms. The van der Waals surface area contributed by atoms with Crippen LogP contribution in [0.15, 0.2) is 77.8 Å². The largest absolute Gasteiger partial charge is 0.335 e. The quantitative estimate of drug-likeness (QED) is 0.476. The zero-order chi connectivity index (χ0) is 18.5. The molecule has 1 aliphatic heterocycles. The van der Waals surface area contributed by atoms with Gasteiger partial charge >= 0.3 is 0 Å². The molecule has 0 fully saturated rings. The second-order valence-corrected chi connectivity index (χ2v) is 7.48. The van der Waals surface area contributed by atoms with Gasteiger partial charge in [-0.25, -0.2) is 0 Å². The Hall–Kier alpha value is -2.85. The molecule has 0 atom stereocenters. The number of nitrogens with one attached hydrogen (secondary N) is 1. The standard InChI is InChI=1S/C23H20N2OS/c26-22(13-7-17-6-8-18-4-1-2-5-20(18)16-17)19-9-11-21(12-10-19)25-23-24-14-3-15-27-23/h1-2,4-13,16H,3,14-15H2,(H,24,25)/b13-7+. The van der Waals surface area contributed by atoms with Gasteiger partial charge in [0.1, 0.15) is 0 Å². The number of ketones is 1. The maximum absolute atomic E-state index is 12.4. The summed E-state index contributed by atoms with van der Waals surface area (Å²) in [5.74, 6) is 1.10. The number of nitrogens with zero attached hydrogens (tertiary/aromatic N) is 1. The molecule has 134 valence electrons. The third-order valence-electron chi connectivity index (χ3n) is 4.42. The Kier molecular flexibility index (Phi) is 5.35. The van der Waals surface area contributed by atoms with Crippen LogP contribution in [0, 0.1) is 0 Å². The number of benzene rings is 3. The molecule has 0 unspecified atom stereocenters. The highest BCUT2D eigenvalue weighted by molar-refractivity contribution is 8.14. The Morgan fingerprint density at radius 1 is 1.00 bits per heavy atom. The molecule has 0 saturated carbocycles. The fourth-order valence-corrected chi connectivity index (χ4v) is 3.80. The summed E-state index contributed by atoms with van der Waals surface area (Å²) >= 11 is 1.74. The van der Waals surface area contributed by atoms with Crippen LogP contribution in [0.1, 0.15) is 22.3 Å². The van der Waals surface area contributed by atoms with E-state index in [1.807, 2.05) is 48.5 Å². The Bertz CT molecular complexity index is 1020. The van der Waals surface area contributed by atoms with Crippen molar-refractivity contribution in [1.82, 2.24) is 0 Å². The average molecular weight is 372 g/mol. The summed E-state index contributed by atoms with van der Waals surface area (Å²) < 4.78 is 0. The number of fused-ring (bicyclic) bond motifs is 1. The Labute approximate surface area is 163 Å². The molecule has 4 rings (SSSR count). The van der Waals surface area contributed by atoms with Gasteiger partial charge in [-0.05, 0) is 59.2 Å². The van der Waals surface area contributed by atoms with Gasteiger partial charge in [0.25, 0.3) is 0 Å². The van der Waals surface area contributed by atoms with Crippen LogP contribution < -0.4 is 5.32 Å². The number of hydrogen-bond acceptors (Lipinski definition) is 4. The van der Waals surface area contributed by atoms with Gasteiger partial charge in [-0.2, -0.15) is 0 Å². The van der Waals surface area contributed by atoms with Crippen LogP contribution in [0.5, 0.6) is 0 Å². The van der Waals surface area contributed by atoms with E-state index in [4.69, 9.17) is 0 Å². The molecule has 0 radical (unpaired) electrons. The summed E-state index contributed by atoms with van der Waals surface area (Å²) in [7, 11) is 0. The molecule has 27 heavy (non-hydrogen) atoms. The molecule has 3 nitrogen and oxygen atoms in total. The second-order valence-electron chi connectivity index (χ2n) is 6.40. The summed E-state index contributed by atoms with van der Waals surface area (Å²) in [6.07, 6.45) is 4.63. The summed E-state index contributed by atoms with van der Waals surface area (Å²) in [6.45, 7) is 0.880. The van der Waals surface area contributed by atoms with E-state index in [-0.39, 0.29) is 5.78 Å². The van der Waals surface area contributed by atoms with Crippen molar-refractivity contribution in [3.8, 4) is 0 Å². The van der Waals surface area contributed by atoms with E-state index in [0.29, 0.717) is 5.56 Å². The SMILES string of the molecule is O=C(/C=C/c1ccc2ccccc2c1)c1ccc(NC2=NCCCS2)cc1. The summed E-state index contributed by atoms with van der Waals surface area (Å²) in [4.78, 5) is 16.9. The van der Waals surface area contributed by atoms with E-state index in [1.165, 1.54) is 10.8 Å². The van der Waals surface area contributed by atoms with Gasteiger partial charge in [0.05, 0.1) is 0 Å². The number of rotatable bonds is 4. The minimum absolute atomic E-state index is 0.000842. The molecule has 1 aliphatic rings. The molecule has 3 aromatic carbocycles. The number of allylic oxidation sites excluding steroid dienone is 1. The van der Waals surface area contributed by atoms with Gasteiger partial charge in [0, 0.05) is 23.5 Å². The van der Waals surface area contributed by atoms with E-state index in [0.717, 1.165) is 35.1 Å². The van der Waals surface area contributed by atoms with Gasteiger partial charge < -0.3 is 5.32 Å². The summed E-state index contributed by atoms with van der Waals surface area (Å²) in [5.41, 5.74) is 2.65. The minimum Gasteiger partial charge on any atom is -0.335 e. The Morgan fingerprint density at radius 3 is 2.59 bits per heavy atom. The van der Waals surface area contributed by atoms with E-state index in [2.05, 4.69) is 34.6 Å². The lowest BCUT2D eigenvalue weighted by Crippen LogP contribution is -2.13. The molecular formula is C23H20N2OS. The first-order valence-electron chi connectivity index (χ1n) is 9.03. The van der Waals surface area contributed by atoms with Crippen molar-refractivity contribution in [2.24, 2.45) is 4.99 Å². The first kappa shape index (κ1) is 17.6. The summed E-state index contributed by atoms with van der Waals surface area (Å²) in [5, 5.41) is 6.63. The maximum Gasteiger partial charge on any atom is 0.185 e. The van der Waals surface area contributed by atoms with Crippen molar-refractivity contribution in [3.05, 3.63) is 83.9 Å². The Morgan fingerprint density at radius 2 is 1.81 bits per heavy atom. The fraction of sp³-hybridized carbons (Fsp3) is 0.130. The average Bonchev–Trinajstić information content (AvgIpc) is 2.73. The third-order valence-corrected chi connectivity index (χ3v) is 5.42.